The molecule has 0 saturated carbocycles. The van der Waals surface area contributed by atoms with Gasteiger partial charge in [-0.1, -0.05) is 24.3 Å². The maximum absolute atomic E-state index is 4.71. The Labute approximate surface area is 155 Å². The monoisotopic (exact) mass is 352 g/mol. The van der Waals surface area contributed by atoms with Gasteiger partial charge in [-0.25, -0.2) is 9.50 Å². The lowest BCUT2D eigenvalue weighted by atomic mass is 10.0. The van der Waals surface area contributed by atoms with Crippen molar-refractivity contribution in [3.05, 3.63) is 91.3 Å². The summed E-state index contributed by atoms with van der Waals surface area (Å²) in [7, 11) is 0. The zero-order chi connectivity index (χ0) is 18.1. The van der Waals surface area contributed by atoms with Crippen molar-refractivity contribution in [3.8, 4) is 22.4 Å². The number of fused-ring (bicyclic) bond motifs is 1. The van der Waals surface area contributed by atoms with Crippen molar-refractivity contribution >= 4 is 5.65 Å². The first kappa shape index (κ1) is 15.5. The van der Waals surface area contributed by atoms with Gasteiger partial charge >= 0.3 is 0 Å². The van der Waals surface area contributed by atoms with Crippen molar-refractivity contribution in [2.45, 2.75) is 6.54 Å². The molecule has 0 bridgehead atoms. The largest absolute Gasteiger partial charge is 0.268 e. The van der Waals surface area contributed by atoms with Crippen molar-refractivity contribution in [1.29, 1.82) is 0 Å². The average molecular weight is 352 g/mol. The highest BCUT2D eigenvalue weighted by Crippen LogP contribution is 2.27. The summed E-state index contributed by atoms with van der Waals surface area (Å²) in [6, 6.07) is 16.2. The lowest BCUT2D eigenvalue weighted by Crippen LogP contribution is -2.00. The second-order valence-electron chi connectivity index (χ2n) is 6.29. The molecule has 0 atom stereocenters. The molecule has 0 aliphatic heterocycles. The molecule has 1 aromatic carbocycles. The van der Waals surface area contributed by atoms with Gasteiger partial charge in [0.25, 0.3) is 0 Å². The van der Waals surface area contributed by atoms with E-state index in [9.17, 15) is 0 Å². The molecule has 0 saturated heterocycles. The predicted octanol–water partition coefficient (Wildman–Crippen LogP) is 3.70. The van der Waals surface area contributed by atoms with Gasteiger partial charge in [-0.3, -0.25) is 9.67 Å². The van der Waals surface area contributed by atoms with Crippen molar-refractivity contribution in [2.24, 2.45) is 0 Å². The van der Waals surface area contributed by atoms with Crippen LogP contribution in [0.1, 0.15) is 5.56 Å². The second-order valence-corrected chi connectivity index (χ2v) is 6.29. The summed E-state index contributed by atoms with van der Waals surface area (Å²) < 4.78 is 3.71. The molecule has 5 rings (SSSR count). The Morgan fingerprint density at radius 2 is 1.81 bits per heavy atom. The molecule has 27 heavy (non-hydrogen) atoms. The van der Waals surface area contributed by atoms with E-state index in [1.165, 1.54) is 0 Å². The fourth-order valence-corrected chi connectivity index (χ4v) is 3.16. The summed E-state index contributed by atoms with van der Waals surface area (Å²) in [6.45, 7) is 0.700. The molecule has 4 aromatic heterocycles. The third-order valence-electron chi connectivity index (χ3n) is 4.46. The zero-order valence-electron chi connectivity index (χ0n) is 14.5. The molecule has 0 aliphatic carbocycles. The van der Waals surface area contributed by atoms with E-state index in [0.29, 0.717) is 6.54 Å². The van der Waals surface area contributed by atoms with E-state index in [0.717, 1.165) is 33.6 Å². The first-order valence-electron chi connectivity index (χ1n) is 8.68. The zero-order valence-corrected chi connectivity index (χ0v) is 14.5. The number of benzene rings is 1. The number of nitrogens with zero attached hydrogens (tertiary/aromatic N) is 6. The fourth-order valence-electron chi connectivity index (χ4n) is 3.16. The molecular weight excluding hydrogens is 336 g/mol. The smallest absolute Gasteiger partial charge is 0.162 e. The summed E-state index contributed by atoms with van der Waals surface area (Å²) in [4.78, 5) is 8.60. The van der Waals surface area contributed by atoms with Gasteiger partial charge < -0.3 is 0 Å². The minimum Gasteiger partial charge on any atom is -0.268 e. The van der Waals surface area contributed by atoms with Crippen LogP contribution >= 0.6 is 0 Å². The van der Waals surface area contributed by atoms with E-state index >= 15 is 0 Å². The third-order valence-corrected chi connectivity index (χ3v) is 4.46. The highest BCUT2D eigenvalue weighted by Gasteiger charge is 2.10. The van der Waals surface area contributed by atoms with Crippen LogP contribution in [0.2, 0.25) is 0 Å². The van der Waals surface area contributed by atoms with E-state index in [-0.39, 0.29) is 0 Å². The van der Waals surface area contributed by atoms with Crippen LogP contribution in [-0.4, -0.2) is 29.4 Å². The maximum atomic E-state index is 4.71. The molecule has 6 heteroatoms. The lowest BCUT2D eigenvalue weighted by molar-refractivity contribution is 0.687. The van der Waals surface area contributed by atoms with Gasteiger partial charge in [-0.2, -0.15) is 10.2 Å². The van der Waals surface area contributed by atoms with Gasteiger partial charge in [0.1, 0.15) is 0 Å². The first-order chi connectivity index (χ1) is 13.4. The van der Waals surface area contributed by atoms with E-state index in [1.807, 2.05) is 59.8 Å². The summed E-state index contributed by atoms with van der Waals surface area (Å²) in [5.74, 6) is 0. The lowest BCUT2D eigenvalue weighted by Gasteiger charge is -2.03. The minimum atomic E-state index is 0.700. The summed E-state index contributed by atoms with van der Waals surface area (Å²) in [5, 5.41) is 9.09. The van der Waals surface area contributed by atoms with Crippen LogP contribution in [0.3, 0.4) is 0 Å². The van der Waals surface area contributed by atoms with Crippen LogP contribution in [0.5, 0.6) is 0 Å². The molecule has 0 unspecified atom stereocenters. The SMILES string of the molecule is c1cncc(Cn2ccc(-c3cccc(-c4cnn5cccnc45)c3)n2)c1. The Bertz CT molecular complexity index is 1210. The van der Waals surface area contributed by atoms with Gasteiger partial charge in [0.15, 0.2) is 5.65 Å². The molecule has 0 fully saturated rings. The van der Waals surface area contributed by atoms with Gasteiger partial charge in [0, 0.05) is 42.1 Å². The number of rotatable bonds is 4. The number of pyridine rings is 1. The quantitative estimate of drug-likeness (QED) is 0.495. The van der Waals surface area contributed by atoms with Gasteiger partial charge in [0.05, 0.1) is 18.4 Å². The highest BCUT2D eigenvalue weighted by atomic mass is 15.3. The Morgan fingerprint density at radius 1 is 0.852 bits per heavy atom. The van der Waals surface area contributed by atoms with Crippen molar-refractivity contribution in [3.63, 3.8) is 0 Å². The Hall–Kier alpha value is -3.80. The van der Waals surface area contributed by atoms with Crippen LogP contribution in [0.4, 0.5) is 0 Å². The summed E-state index contributed by atoms with van der Waals surface area (Å²) >= 11 is 0. The van der Waals surface area contributed by atoms with Gasteiger partial charge in [0.2, 0.25) is 0 Å². The van der Waals surface area contributed by atoms with E-state index in [4.69, 9.17) is 5.10 Å². The van der Waals surface area contributed by atoms with Crippen LogP contribution in [0, 0.1) is 0 Å². The molecule has 130 valence electrons. The van der Waals surface area contributed by atoms with E-state index in [1.54, 1.807) is 16.9 Å². The molecule has 0 spiro atoms. The third kappa shape index (κ3) is 2.97. The minimum absolute atomic E-state index is 0.700. The van der Waals surface area contributed by atoms with E-state index in [2.05, 4.69) is 33.3 Å². The van der Waals surface area contributed by atoms with Crippen molar-refractivity contribution in [1.82, 2.24) is 29.4 Å². The topological polar surface area (TPSA) is 60.9 Å². The molecule has 0 amide bonds. The normalized spacial score (nSPS) is 11.1. The molecule has 0 N–H and O–H groups in total. The van der Waals surface area contributed by atoms with Gasteiger partial charge in [-0.15, -0.1) is 0 Å². The second kappa shape index (κ2) is 6.49. The van der Waals surface area contributed by atoms with Crippen molar-refractivity contribution < 1.29 is 0 Å². The van der Waals surface area contributed by atoms with Crippen LogP contribution in [-0.2, 0) is 6.54 Å². The molecule has 0 radical (unpaired) electrons. The first-order valence-corrected chi connectivity index (χ1v) is 8.68. The Morgan fingerprint density at radius 3 is 2.74 bits per heavy atom. The summed E-state index contributed by atoms with van der Waals surface area (Å²) in [6.07, 6.45) is 11.2. The number of hydrogen-bond acceptors (Lipinski definition) is 4. The van der Waals surface area contributed by atoms with E-state index < -0.39 is 0 Å². The van der Waals surface area contributed by atoms with Crippen molar-refractivity contribution in [2.75, 3.05) is 0 Å². The Balaban J connectivity index is 1.48. The predicted molar refractivity (Wildman–Crippen MR) is 103 cm³/mol. The molecule has 5 aromatic rings. The van der Waals surface area contributed by atoms with Gasteiger partial charge in [-0.05, 0) is 35.4 Å². The van der Waals surface area contributed by atoms with Crippen LogP contribution < -0.4 is 0 Å². The average Bonchev–Trinajstić information content (AvgIpc) is 3.36. The number of hydrogen-bond donors (Lipinski definition) is 0. The standard InChI is InChI=1S/C21H16N6/c1-5-17(19-14-24-27-10-3-9-23-21(19)27)12-18(6-1)20-7-11-26(25-20)15-16-4-2-8-22-13-16/h1-14H,15H2. The Kier molecular flexibility index (Phi) is 3.72. The highest BCUT2D eigenvalue weighted by molar-refractivity contribution is 5.79. The molecule has 4 heterocycles. The maximum Gasteiger partial charge on any atom is 0.162 e. The summed E-state index contributed by atoms with van der Waals surface area (Å²) in [5.41, 5.74) is 6.04. The molecule has 6 nitrogen and oxygen atoms in total. The fraction of sp³-hybridized carbons (Fsp3) is 0.0476. The number of aromatic nitrogens is 6. The molecular formula is C21H16N6. The molecule has 0 aliphatic rings. The van der Waals surface area contributed by atoms with Crippen LogP contribution in [0.15, 0.2) is 85.7 Å². The van der Waals surface area contributed by atoms with Crippen LogP contribution in [0.25, 0.3) is 28.0 Å².